The molecule has 1 fully saturated rings. The molecule has 1 aliphatic heterocycles. The molecular formula is C16H20F3N3O5. The average molecular weight is 391 g/mol. The maximum atomic E-state index is 12.3. The maximum Gasteiger partial charge on any atom is 0.573 e. The Morgan fingerprint density at radius 1 is 1.15 bits per heavy atom. The molecule has 1 saturated heterocycles. The van der Waals surface area contributed by atoms with Gasteiger partial charge in [0.15, 0.2) is 0 Å². The molecule has 2 atom stereocenters. The number of hydrogen-bond donors (Lipinski definition) is 3. The van der Waals surface area contributed by atoms with Gasteiger partial charge < -0.3 is 19.6 Å². The molecule has 0 radical (unpaired) electrons. The first-order valence-electron chi connectivity index (χ1n) is 8.14. The molecule has 11 heteroatoms. The Morgan fingerprint density at radius 2 is 1.70 bits per heavy atom. The van der Waals surface area contributed by atoms with Crippen LogP contribution in [0, 0.1) is 5.92 Å². The number of carbonyl (C=O) groups is 2. The number of anilines is 1. The Hall–Kier alpha value is -2.53. The molecule has 8 nitrogen and oxygen atoms in total. The number of halogens is 3. The van der Waals surface area contributed by atoms with Gasteiger partial charge in [-0.15, -0.1) is 13.2 Å². The van der Waals surface area contributed by atoms with Crippen LogP contribution in [0.25, 0.3) is 0 Å². The molecule has 2 unspecified atom stereocenters. The number of nitrogens with one attached hydrogen (secondary N) is 1. The lowest BCUT2D eigenvalue weighted by Crippen LogP contribution is -2.52. The zero-order valence-corrected chi connectivity index (χ0v) is 14.4. The number of amides is 2. The second kappa shape index (κ2) is 8.44. The van der Waals surface area contributed by atoms with Crippen molar-refractivity contribution in [2.75, 3.05) is 31.1 Å². The molecule has 0 aromatic heterocycles. The maximum absolute atomic E-state index is 12.3. The smallest absolute Gasteiger partial charge is 0.406 e. The summed E-state index contributed by atoms with van der Waals surface area (Å²) in [6.45, 7) is 2.88. The van der Waals surface area contributed by atoms with Gasteiger partial charge in [0.05, 0.1) is 5.92 Å². The van der Waals surface area contributed by atoms with Crippen molar-refractivity contribution in [3.05, 3.63) is 24.3 Å². The molecule has 0 aliphatic carbocycles. The molecule has 1 aliphatic rings. The molecule has 0 saturated carbocycles. The zero-order valence-electron chi connectivity index (χ0n) is 14.4. The Kier molecular flexibility index (Phi) is 6.50. The number of piperazine rings is 1. The number of benzene rings is 1. The summed E-state index contributed by atoms with van der Waals surface area (Å²) in [6, 6.07) is 5.42. The monoisotopic (exact) mass is 391 g/mol. The fourth-order valence-corrected chi connectivity index (χ4v) is 2.76. The minimum absolute atomic E-state index is 0.315. The van der Waals surface area contributed by atoms with E-state index in [1.54, 1.807) is 0 Å². The van der Waals surface area contributed by atoms with E-state index in [4.69, 9.17) is 5.21 Å². The highest BCUT2D eigenvalue weighted by atomic mass is 19.4. The average Bonchev–Trinajstić information content (AvgIpc) is 2.65. The highest BCUT2D eigenvalue weighted by Gasteiger charge is 2.33. The Morgan fingerprint density at radius 3 is 2.19 bits per heavy atom. The van der Waals surface area contributed by atoms with E-state index in [2.05, 4.69) is 4.74 Å². The van der Waals surface area contributed by atoms with Crippen molar-refractivity contribution in [1.29, 1.82) is 0 Å². The van der Waals surface area contributed by atoms with Crippen LogP contribution in [0.4, 0.5) is 18.9 Å². The van der Waals surface area contributed by atoms with E-state index >= 15 is 0 Å². The summed E-state index contributed by atoms with van der Waals surface area (Å²) in [5.41, 5.74) is 1.99. The number of nitrogens with zero attached hydrogens (tertiary/aromatic N) is 2. The number of carbonyl (C=O) groups excluding carboxylic acids is 2. The van der Waals surface area contributed by atoms with Gasteiger partial charge in [-0.25, -0.2) is 5.48 Å². The molecular weight excluding hydrogens is 371 g/mol. The Balaban J connectivity index is 1.91. The van der Waals surface area contributed by atoms with Gasteiger partial charge in [-0.1, -0.05) is 6.92 Å². The molecule has 1 heterocycles. The normalized spacial score (nSPS) is 17.3. The summed E-state index contributed by atoms with van der Waals surface area (Å²) in [5.74, 6) is -2.83. The number of rotatable bonds is 5. The van der Waals surface area contributed by atoms with Crippen LogP contribution < -0.4 is 15.1 Å². The number of aliphatic hydroxyl groups excluding tert-OH is 1. The first-order chi connectivity index (χ1) is 12.6. The fraction of sp³-hybridized carbons (Fsp3) is 0.500. The second-order valence-electron chi connectivity index (χ2n) is 6.06. The predicted molar refractivity (Wildman–Crippen MR) is 87.0 cm³/mol. The summed E-state index contributed by atoms with van der Waals surface area (Å²) < 4.78 is 40.4. The van der Waals surface area contributed by atoms with Gasteiger partial charge in [0.2, 0.25) is 5.91 Å². The van der Waals surface area contributed by atoms with Crippen molar-refractivity contribution in [2.24, 2.45) is 5.92 Å². The van der Waals surface area contributed by atoms with Crippen LogP contribution in [0.1, 0.15) is 6.92 Å². The lowest BCUT2D eigenvalue weighted by molar-refractivity contribution is -0.274. The standard InChI is InChI=1S/C16H20F3N3O5/c1-10(13(23)14(24)20-26)15(25)22-8-6-21(7-9-22)11-2-4-12(5-3-11)27-16(17,18)19/h2-5,10,13,23,26H,6-9H2,1H3,(H,20,24). The SMILES string of the molecule is CC(C(=O)N1CCN(c2ccc(OC(F)(F)F)cc2)CC1)C(O)C(=O)NO. The molecule has 0 bridgehead atoms. The van der Waals surface area contributed by atoms with Crippen molar-refractivity contribution in [1.82, 2.24) is 10.4 Å². The third-order valence-corrected chi connectivity index (χ3v) is 4.27. The van der Waals surface area contributed by atoms with Crippen molar-refractivity contribution >= 4 is 17.5 Å². The number of alkyl halides is 3. The van der Waals surface area contributed by atoms with E-state index in [9.17, 15) is 27.9 Å². The third kappa shape index (κ3) is 5.47. The fourth-order valence-electron chi connectivity index (χ4n) is 2.76. The van der Waals surface area contributed by atoms with Crippen LogP contribution in [0.5, 0.6) is 5.75 Å². The molecule has 2 rings (SSSR count). The summed E-state index contributed by atoms with van der Waals surface area (Å²) in [6.07, 6.45) is -6.41. The number of ether oxygens (including phenoxy) is 1. The van der Waals surface area contributed by atoms with E-state index in [0.717, 1.165) is 0 Å². The largest absolute Gasteiger partial charge is 0.573 e. The lowest BCUT2D eigenvalue weighted by Gasteiger charge is -2.37. The zero-order chi connectivity index (χ0) is 20.2. The van der Waals surface area contributed by atoms with Crippen LogP contribution in [0.15, 0.2) is 24.3 Å². The molecule has 27 heavy (non-hydrogen) atoms. The number of hydroxylamine groups is 1. The van der Waals surface area contributed by atoms with Crippen LogP contribution in [0.2, 0.25) is 0 Å². The van der Waals surface area contributed by atoms with Crippen molar-refractivity contribution < 1.29 is 37.8 Å². The van der Waals surface area contributed by atoms with Gasteiger partial charge in [0, 0.05) is 31.9 Å². The third-order valence-electron chi connectivity index (χ3n) is 4.27. The van der Waals surface area contributed by atoms with Crippen LogP contribution in [-0.4, -0.2) is 65.7 Å². The predicted octanol–water partition coefficient (Wildman–Crippen LogP) is 0.736. The summed E-state index contributed by atoms with van der Waals surface area (Å²) >= 11 is 0. The molecule has 2 amide bonds. The van der Waals surface area contributed by atoms with E-state index in [1.165, 1.54) is 41.6 Å². The Labute approximate surface area is 153 Å². The van der Waals surface area contributed by atoms with Gasteiger partial charge in [-0.3, -0.25) is 14.8 Å². The van der Waals surface area contributed by atoms with Gasteiger partial charge in [0.25, 0.3) is 5.91 Å². The lowest BCUT2D eigenvalue weighted by atomic mass is 10.0. The molecule has 150 valence electrons. The van der Waals surface area contributed by atoms with Gasteiger partial charge in [-0.2, -0.15) is 0 Å². The number of aliphatic hydroxyl groups is 1. The van der Waals surface area contributed by atoms with E-state index < -0.39 is 30.2 Å². The molecule has 1 aromatic carbocycles. The van der Waals surface area contributed by atoms with Crippen LogP contribution in [-0.2, 0) is 9.59 Å². The molecule has 3 N–H and O–H groups in total. The second-order valence-corrected chi connectivity index (χ2v) is 6.06. The highest BCUT2D eigenvalue weighted by Crippen LogP contribution is 2.26. The van der Waals surface area contributed by atoms with E-state index in [1.807, 2.05) is 4.90 Å². The minimum atomic E-state index is -4.75. The van der Waals surface area contributed by atoms with Gasteiger partial charge >= 0.3 is 6.36 Å². The van der Waals surface area contributed by atoms with Crippen LogP contribution in [0.3, 0.4) is 0 Å². The van der Waals surface area contributed by atoms with Crippen molar-refractivity contribution in [3.8, 4) is 5.75 Å². The van der Waals surface area contributed by atoms with Crippen molar-refractivity contribution in [3.63, 3.8) is 0 Å². The summed E-state index contributed by atoms with van der Waals surface area (Å²) in [7, 11) is 0. The first-order valence-corrected chi connectivity index (χ1v) is 8.14. The van der Waals surface area contributed by atoms with Crippen LogP contribution >= 0.6 is 0 Å². The first kappa shape index (κ1) is 20.8. The Bertz CT molecular complexity index is 660. The van der Waals surface area contributed by atoms with Gasteiger partial charge in [0.1, 0.15) is 11.9 Å². The number of hydrogen-bond acceptors (Lipinski definition) is 6. The summed E-state index contributed by atoms with van der Waals surface area (Å²) in [5, 5.41) is 18.2. The minimum Gasteiger partial charge on any atom is -0.406 e. The van der Waals surface area contributed by atoms with E-state index in [0.29, 0.717) is 31.9 Å². The molecule has 1 aromatic rings. The highest BCUT2D eigenvalue weighted by molar-refractivity contribution is 5.88. The topological polar surface area (TPSA) is 102 Å². The molecule has 0 spiro atoms. The van der Waals surface area contributed by atoms with E-state index in [-0.39, 0.29) is 5.75 Å². The van der Waals surface area contributed by atoms with Crippen molar-refractivity contribution in [2.45, 2.75) is 19.4 Å². The summed E-state index contributed by atoms with van der Waals surface area (Å²) in [4.78, 5) is 26.9. The van der Waals surface area contributed by atoms with Gasteiger partial charge in [-0.05, 0) is 24.3 Å². The quantitative estimate of drug-likeness (QED) is 0.505.